The average molecular weight is 293 g/mol. The lowest BCUT2D eigenvalue weighted by Crippen LogP contribution is -2.40. The number of allylic oxidation sites excluding steroid dienone is 2. The first-order valence-electron chi connectivity index (χ1n) is 8.22. The zero-order valence-corrected chi connectivity index (χ0v) is 12.8. The molecule has 3 heteroatoms. The van der Waals surface area contributed by atoms with Gasteiger partial charge in [-0.15, -0.1) is 0 Å². The van der Waals surface area contributed by atoms with Crippen molar-refractivity contribution in [3.63, 3.8) is 0 Å². The molecule has 0 unspecified atom stereocenters. The predicted octanol–water partition coefficient (Wildman–Crippen LogP) is 2.86. The Kier molecular flexibility index (Phi) is 2.23. The van der Waals surface area contributed by atoms with Crippen LogP contribution in [-0.4, -0.2) is 11.8 Å². The molecular formula is C19H19NO2. The summed E-state index contributed by atoms with van der Waals surface area (Å²) in [5.41, 5.74) is 2.83. The largest absolute Gasteiger partial charge is 0.274 e. The number of para-hydroxylation sites is 1. The number of carbonyl (C=O) groups excluding carboxylic acids is 2. The van der Waals surface area contributed by atoms with Gasteiger partial charge in [-0.05, 0) is 55.1 Å². The molecular weight excluding hydrogens is 274 g/mol. The van der Waals surface area contributed by atoms with Gasteiger partial charge in [-0.2, -0.15) is 0 Å². The van der Waals surface area contributed by atoms with E-state index in [2.05, 4.69) is 12.2 Å². The summed E-state index contributed by atoms with van der Waals surface area (Å²) in [4.78, 5) is 27.7. The van der Waals surface area contributed by atoms with Crippen molar-refractivity contribution in [2.24, 2.45) is 35.5 Å². The lowest BCUT2D eigenvalue weighted by Gasteiger charge is -2.37. The lowest BCUT2D eigenvalue weighted by molar-refractivity contribution is -0.124. The molecule has 3 nitrogen and oxygen atoms in total. The van der Waals surface area contributed by atoms with Crippen LogP contribution in [0.2, 0.25) is 0 Å². The van der Waals surface area contributed by atoms with E-state index in [1.807, 2.05) is 32.0 Å². The van der Waals surface area contributed by atoms with Gasteiger partial charge in [0.25, 0.3) is 0 Å². The standard InChI is InChI=1S/C19H19NO2/c1-9-4-3-5-10(2)17(9)20-18(21)15-11-6-7-12(14-8-13(11)14)16(15)19(20)22/h3-7,11-16H,8H2,1-2H3/t11-,12-,13-,14+,15-,16+/m1/s1. The highest BCUT2D eigenvalue weighted by Crippen LogP contribution is 2.65. The number of rotatable bonds is 1. The molecule has 1 aliphatic heterocycles. The van der Waals surface area contributed by atoms with Crippen LogP contribution in [0.3, 0.4) is 0 Å². The van der Waals surface area contributed by atoms with Crippen molar-refractivity contribution in [3.05, 3.63) is 41.5 Å². The van der Waals surface area contributed by atoms with E-state index < -0.39 is 0 Å². The minimum Gasteiger partial charge on any atom is -0.274 e. The lowest BCUT2D eigenvalue weighted by atomic mass is 9.63. The molecule has 6 rings (SSSR count). The van der Waals surface area contributed by atoms with Crippen molar-refractivity contribution in [3.8, 4) is 0 Å². The molecule has 1 aromatic rings. The second-order valence-corrected chi connectivity index (χ2v) is 7.41. The Balaban J connectivity index is 1.64. The Morgan fingerprint density at radius 2 is 1.41 bits per heavy atom. The van der Waals surface area contributed by atoms with E-state index in [4.69, 9.17) is 0 Å². The third-order valence-corrected chi connectivity index (χ3v) is 6.33. The van der Waals surface area contributed by atoms with E-state index in [-0.39, 0.29) is 23.7 Å². The average Bonchev–Trinajstić information content (AvgIpc) is 3.27. The fraction of sp³-hybridized carbons (Fsp3) is 0.474. The normalized spacial score (nSPS) is 40.9. The van der Waals surface area contributed by atoms with Gasteiger partial charge in [0.05, 0.1) is 17.5 Å². The van der Waals surface area contributed by atoms with E-state index >= 15 is 0 Å². The summed E-state index contributed by atoms with van der Waals surface area (Å²) in [7, 11) is 0. The number of aryl methyl sites for hydroxylation is 2. The minimum atomic E-state index is -0.106. The summed E-state index contributed by atoms with van der Waals surface area (Å²) >= 11 is 0. The molecule has 1 saturated heterocycles. The zero-order chi connectivity index (χ0) is 15.2. The Morgan fingerprint density at radius 1 is 0.909 bits per heavy atom. The summed E-state index contributed by atoms with van der Waals surface area (Å²) in [6, 6.07) is 5.94. The molecule has 0 aromatic heterocycles. The molecule has 112 valence electrons. The van der Waals surface area contributed by atoms with E-state index in [1.54, 1.807) is 0 Å². The van der Waals surface area contributed by atoms with Crippen molar-refractivity contribution in [2.75, 3.05) is 4.90 Å². The highest BCUT2D eigenvalue weighted by atomic mass is 16.2. The zero-order valence-electron chi connectivity index (χ0n) is 12.8. The first kappa shape index (κ1) is 12.6. The van der Waals surface area contributed by atoms with Crippen molar-refractivity contribution in [1.29, 1.82) is 0 Å². The second kappa shape index (κ2) is 3.89. The first-order chi connectivity index (χ1) is 10.6. The molecule has 2 saturated carbocycles. The summed E-state index contributed by atoms with van der Waals surface area (Å²) in [6.07, 6.45) is 5.65. The Bertz CT molecular complexity index is 694. The van der Waals surface area contributed by atoms with Crippen molar-refractivity contribution in [2.45, 2.75) is 20.3 Å². The quantitative estimate of drug-likeness (QED) is 0.590. The molecule has 0 radical (unpaired) electrons. The van der Waals surface area contributed by atoms with Crippen LogP contribution in [0, 0.1) is 49.4 Å². The fourth-order valence-corrected chi connectivity index (χ4v) is 5.34. The van der Waals surface area contributed by atoms with Crippen LogP contribution < -0.4 is 4.90 Å². The van der Waals surface area contributed by atoms with Crippen LogP contribution >= 0.6 is 0 Å². The van der Waals surface area contributed by atoms with Gasteiger partial charge < -0.3 is 0 Å². The van der Waals surface area contributed by atoms with Crippen LogP contribution in [0.4, 0.5) is 5.69 Å². The van der Waals surface area contributed by atoms with E-state index in [0.717, 1.165) is 16.8 Å². The summed E-state index contributed by atoms with van der Waals surface area (Å²) in [6.45, 7) is 3.96. The minimum absolute atomic E-state index is 0.0390. The van der Waals surface area contributed by atoms with Gasteiger partial charge in [-0.1, -0.05) is 30.4 Å². The molecule has 0 N–H and O–H groups in total. The summed E-state index contributed by atoms with van der Waals surface area (Å²) < 4.78 is 0. The maximum absolute atomic E-state index is 13.1. The van der Waals surface area contributed by atoms with Crippen LogP contribution in [0.1, 0.15) is 17.5 Å². The van der Waals surface area contributed by atoms with E-state index in [0.29, 0.717) is 23.7 Å². The number of hydrogen-bond acceptors (Lipinski definition) is 2. The molecule has 0 spiro atoms. The molecule has 22 heavy (non-hydrogen) atoms. The molecule has 5 aliphatic rings. The summed E-state index contributed by atoms with van der Waals surface area (Å²) in [5, 5.41) is 0. The fourth-order valence-electron chi connectivity index (χ4n) is 5.34. The monoisotopic (exact) mass is 293 g/mol. The molecule has 1 aromatic carbocycles. The number of amides is 2. The van der Waals surface area contributed by atoms with Gasteiger partial charge in [-0.25, -0.2) is 4.90 Å². The Morgan fingerprint density at radius 3 is 1.91 bits per heavy atom. The van der Waals surface area contributed by atoms with Gasteiger partial charge in [0.15, 0.2) is 0 Å². The van der Waals surface area contributed by atoms with Crippen molar-refractivity contribution < 1.29 is 9.59 Å². The van der Waals surface area contributed by atoms with E-state index in [9.17, 15) is 9.59 Å². The van der Waals surface area contributed by atoms with Crippen molar-refractivity contribution in [1.82, 2.24) is 0 Å². The van der Waals surface area contributed by atoms with Crippen LogP contribution in [-0.2, 0) is 9.59 Å². The van der Waals surface area contributed by atoms with Gasteiger partial charge in [0, 0.05) is 0 Å². The Hall–Kier alpha value is -1.90. The third kappa shape index (κ3) is 1.33. The van der Waals surface area contributed by atoms with Gasteiger partial charge in [-0.3, -0.25) is 9.59 Å². The maximum Gasteiger partial charge on any atom is 0.238 e. The van der Waals surface area contributed by atoms with Crippen LogP contribution in [0.5, 0.6) is 0 Å². The molecule has 2 amide bonds. The summed E-state index contributed by atoms with van der Waals surface area (Å²) in [5.74, 6) is 1.78. The predicted molar refractivity (Wildman–Crippen MR) is 83.1 cm³/mol. The van der Waals surface area contributed by atoms with Crippen molar-refractivity contribution >= 4 is 17.5 Å². The molecule has 3 fully saturated rings. The number of anilines is 1. The van der Waals surface area contributed by atoms with E-state index in [1.165, 1.54) is 11.3 Å². The smallest absolute Gasteiger partial charge is 0.238 e. The molecule has 2 bridgehead atoms. The van der Waals surface area contributed by atoms with Crippen LogP contribution in [0.15, 0.2) is 30.4 Å². The highest BCUT2D eigenvalue weighted by Gasteiger charge is 2.67. The highest BCUT2D eigenvalue weighted by molar-refractivity contribution is 6.23. The number of benzene rings is 1. The number of nitrogens with zero attached hydrogens (tertiary/aromatic N) is 1. The number of carbonyl (C=O) groups is 2. The molecule has 1 heterocycles. The molecule has 4 aliphatic carbocycles. The molecule has 6 atom stereocenters. The SMILES string of the molecule is Cc1cccc(C)c1N1C(=O)[C@@H]2[C@@H]3C=C[C@H]([C@@H]4C[C@H]34)[C@@H]2C1=O. The first-order valence-corrected chi connectivity index (χ1v) is 8.22. The third-order valence-electron chi connectivity index (χ3n) is 6.33. The number of imide groups is 1. The topological polar surface area (TPSA) is 37.4 Å². The van der Waals surface area contributed by atoms with Crippen LogP contribution in [0.25, 0.3) is 0 Å². The van der Waals surface area contributed by atoms with Gasteiger partial charge in [0.2, 0.25) is 11.8 Å². The number of hydrogen-bond donors (Lipinski definition) is 0. The maximum atomic E-state index is 13.1. The van der Waals surface area contributed by atoms with Gasteiger partial charge in [0.1, 0.15) is 0 Å². The van der Waals surface area contributed by atoms with Gasteiger partial charge >= 0.3 is 0 Å². The second-order valence-electron chi connectivity index (χ2n) is 7.41. The Labute approximate surface area is 130 Å².